The Bertz CT molecular complexity index is 812. The molecule has 0 heterocycles. The Hall–Kier alpha value is -2.57. The van der Waals surface area contributed by atoms with E-state index in [9.17, 15) is 14.4 Å². The van der Waals surface area contributed by atoms with E-state index in [4.69, 9.17) is 27.9 Å². The van der Waals surface area contributed by atoms with Gasteiger partial charge in [0, 0.05) is 12.1 Å². The Kier molecular flexibility index (Phi) is 7.00. The van der Waals surface area contributed by atoms with Gasteiger partial charge in [-0.25, -0.2) is 9.59 Å². The van der Waals surface area contributed by atoms with E-state index in [1.54, 1.807) is 37.3 Å². The number of rotatable bonds is 5. The number of amides is 3. The van der Waals surface area contributed by atoms with Crippen molar-refractivity contribution in [1.29, 1.82) is 0 Å². The van der Waals surface area contributed by atoms with Gasteiger partial charge in [-0.1, -0.05) is 53.5 Å². The summed E-state index contributed by atoms with van der Waals surface area (Å²) in [5.41, 5.74) is 0.550. The maximum absolute atomic E-state index is 12.4. The molecular formula is C18H16Cl2N2O4. The zero-order valence-electron chi connectivity index (χ0n) is 13.8. The van der Waals surface area contributed by atoms with Gasteiger partial charge < -0.3 is 10.1 Å². The van der Waals surface area contributed by atoms with Gasteiger partial charge in [0.1, 0.15) is 0 Å². The molecule has 2 aromatic carbocycles. The molecule has 0 fully saturated rings. The zero-order valence-corrected chi connectivity index (χ0v) is 15.3. The lowest BCUT2D eigenvalue weighted by molar-refractivity contribution is -0.129. The minimum absolute atomic E-state index is 0.131. The van der Waals surface area contributed by atoms with Gasteiger partial charge >= 0.3 is 12.0 Å². The SMILES string of the molecule is CCNC(=O)NC(=O)[C@@H](OC(=O)c1ccc(Cl)c(Cl)c1)c1ccccc1. The van der Waals surface area contributed by atoms with E-state index in [1.807, 2.05) is 0 Å². The quantitative estimate of drug-likeness (QED) is 0.756. The summed E-state index contributed by atoms with van der Waals surface area (Å²) in [7, 11) is 0. The number of nitrogens with one attached hydrogen (secondary N) is 2. The zero-order chi connectivity index (χ0) is 19.1. The van der Waals surface area contributed by atoms with Gasteiger partial charge in [0.25, 0.3) is 5.91 Å². The smallest absolute Gasteiger partial charge is 0.339 e. The number of carbonyl (C=O) groups is 3. The van der Waals surface area contributed by atoms with Crippen LogP contribution >= 0.6 is 23.2 Å². The number of halogens is 2. The second-order valence-electron chi connectivity index (χ2n) is 5.17. The van der Waals surface area contributed by atoms with Crippen molar-refractivity contribution in [3.8, 4) is 0 Å². The number of imide groups is 1. The third kappa shape index (κ3) is 5.21. The second-order valence-corrected chi connectivity index (χ2v) is 5.99. The van der Waals surface area contributed by atoms with E-state index in [2.05, 4.69) is 10.6 Å². The number of benzene rings is 2. The topological polar surface area (TPSA) is 84.5 Å². The van der Waals surface area contributed by atoms with E-state index in [0.717, 1.165) is 0 Å². The van der Waals surface area contributed by atoms with E-state index in [-0.39, 0.29) is 15.6 Å². The Labute approximate surface area is 160 Å². The normalized spacial score (nSPS) is 11.3. The van der Waals surface area contributed by atoms with Crippen molar-refractivity contribution < 1.29 is 19.1 Å². The summed E-state index contributed by atoms with van der Waals surface area (Å²) in [6, 6.07) is 11.9. The first-order valence-corrected chi connectivity index (χ1v) is 8.47. The molecule has 0 bridgehead atoms. The molecule has 0 saturated heterocycles. The highest BCUT2D eigenvalue weighted by atomic mass is 35.5. The maximum atomic E-state index is 12.4. The summed E-state index contributed by atoms with van der Waals surface area (Å²) in [5.74, 6) is -1.54. The summed E-state index contributed by atoms with van der Waals surface area (Å²) >= 11 is 11.7. The molecule has 3 amide bonds. The van der Waals surface area contributed by atoms with Gasteiger partial charge in [0.05, 0.1) is 15.6 Å². The van der Waals surface area contributed by atoms with E-state index < -0.39 is 24.0 Å². The Morgan fingerprint density at radius 1 is 1.04 bits per heavy atom. The predicted molar refractivity (Wildman–Crippen MR) is 98.3 cm³/mol. The van der Waals surface area contributed by atoms with Crippen molar-refractivity contribution in [2.24, 2.45) is 0 Å². The lowest BCUT2D eigenvalue weighted by atomic mass is 10.1. The van der Waals surface area contributed by atoms with E-state index >= 15 is 0 Å². The van der Waals surface area contributed by atoms with Crippen molar-refractivity contribution in [3.05, 3.63) is 69.7 Å². The fraction of sp³-hybridized carbons (Fsp3) is 0.167. The van der Waals surface area contributed by atoms with Crippen LogP contribution in [0.4, 0.5) is 4.79 Å². The number of hydrogen-bond acceptors (Lipinski definition) is 4. The first-order chi connectivity index (χ1) is 12.4. The molecule has 26 heavy (non-hydrogen) atoms. The highest BCUT2D eigenvalue weighted by molar-refractivity contribution is 6.42. The van der Waals surface area contributed by atoms with Gasteiger partial charge in [-0.05, 0) is 25.1 Å². The van der Waals surface area contributed by atoms with Crippen LogP contribution in [-0.2, 0) is 9.53 Å². The summed E-state index contributed by atoms with van der Waals surface area (Å²) < 4.78 is 5.33. The van der Waals surface area contributed by atoms with Crippen molar-refractivity contribution in [1.82, 2.24) is 10.6 Å². The molecule has 2 aromatic rings. The molecular weight excluding hydrogens is 379 g/mol. The fourth-order valence-corrected chi connectivity index (χ4v) is 2.38. The highest BCUT2D eigenvalue weighted by Gasteiger charge is 2.27. The summed E-state index contributed by atoms with van der Waals surface area (Å²) in [6.45, 7) is 2.06. The van der Waals surface area contributed by atoms with Gasteiger partial charge in [-0.2, -0.15) is 0 Å². The van der Waals surface area contributed by atoms with Crippen LogP contribution in [0.5, 0.6) is 0 Å². The number of esters is 1. The van der Waals surface area contributed by atoms with E-state index in [1.165, 1.54) is 18.2 Å². The molecule has 2 N–H and O–H groups in total. The molecule has 6 nitrogen and oxygen atoms in total. The molecule has 0 aromatic heterocycles. The standard InChI is InChI=1S/C18H16Cl2N2O4/c1-2-21-18(25)22-16(23)15(11-6-4-3-5-7-11)26-17(24)12-8-9-13(19)14(20)10-12/h3-10,15H,2H2,1H3,(H2,21,22,23,25)/t15-/m0/s1. The van der Waals surface area contributed by atoms with Gasteiger partial charge in [-0.15, -0.1) is 0 Å². The first kappa shape index (κ1) is 19.8. The van der Waals surface area contributed by atoms with Crippen LogP contribution in [-0.4, -0.2) is 24.5 Å². The van der Waals surface area contributed by atoms with Crippen LogP contribution in [0.25, 0.3) is 0 Å². The Balaban J connectivity index is 2.23. The Morgan fingerprint density at radius 3 is 2.35 bits per heavy atom. The highest BCUT2D eigenvalue weighted by Crippen LogP contribution is 2.25. The van der Waals surface area contributed by atoms with Gasteiger partial charge in [0.2, 0.25) is 6.10 Å². The van der Waals surface area contributed by atoms with Crippen molar-refractivity contribution in [3.63, 3.8) is 0 Å². The molecule has 1 atom stereocenters. The average molecular weight is 395 g/mol. The number of urea groups is 1. The minimum Gasteiger partial charge on any atom is -0.444 e. The molecule has 0 aliphatic carbocycles. The number of hydrogen-bond donors (Lipinski definition) is 2. The van der Waals surface area contributed by atoms with Gasteiger partial charge in [0.15, 0.2) is 0 Å². The van der Waals surface area contributed by atoms with Crippen LogP contribution in [0.3, 0.4) is 0 Å². The average Bonchev–Trinajstić information content (AvgIpc) is 2.62. The molecule has 0 spiro atoms. The maximum Gasteiger partial charge on any atom is 0.339 e. The molecule has 8 heteroatoms. The Morgan fingerprint density at radius 2 is 1.73 bits per heavy atom. The monoisotopic (exact) mass is 394 g/mol. The molecule has 0 unspecified atom stereocenters. The third-order valence-corrected chi connectivity index (χ3v) is 4.03. The lowest BCUT2D eigenvalue weighted by Crippen LogP contribution is -2.42. The molecule has 0 aliphatic heterocycles. The summed E-state index contributed by atoms with van der Waals surface area (Å²) in [5, 5.41) is 5.05. The number of carbonyl (C=O) groups excluding carboxylic acids is 3. The largest absolute Gasteiger partial charge is 0.444 e. The molecule has 0 aliphatic rings. The number of ether oxygens (including phenoxy) is 1. The van der Waals surface area contributed by atoms with Crippen LogP contribution in [0, 0.1) is 0 Å². The lowest BCUT2D eigenvalue weighted by Gasteiger charge is -2.18. The predicted octanol–water partition coefficient (Wildman–Crippen LogP) is 3.74. The molecule has 2 rings (SSSR count). The van der Waals surface area contributed by atoms with Crippen LogP contribution in [0.2, 0.25) is 10.0 Å². The summed E-state index contributed by atoms with van der Waals surface area (Å²) in [6.07, 6.45) is -1.30. The van der Waals surface area contributed by atoms with Crippen molar-refractivity contribution in [2.45, 2.75) is 13.0 Å². The van der Waals surface area contributed by atoms with Crippen molar-refractivity contribution >= 4 is 41.1 Å². The third-order valence-electron chi connectivity index (χ3n) is 3.29. The van der Waals surface area contributed by atoms with Gasteiger partial charge in [-0.3, -0.25) is 10.1 Å². The first-order valence-electron chi connectivity index (χ1n) is 7.72. The minimum atomic E-state index is -1.30. The molecule has 0 radical (unpaired) electrons. The second kappa shape index (κ2) is 9.22. The fourth-order valence-electron chi connectivity index (χ4n) is 2.08. The molecule has 136 valence electrons. The van der Waals surface area contributed by atoms with Crippen LogP contribution < -0.4 is 10.6 Å². The summed E-state index contributed by atoms with van der Waals surface area (Å²) in [4.78, 5) is 36.4. The van der Waals surface area contributed by atoms with Crippen LogP contribution in [0.15, 0.2) is 48.5 Å². The van der Waals surface area contributed by atoms with Crippen molar-refractivity contribution in [2.75, 3.05) is 6.54 Å². The van der Waals surface area contributed by atoms with E-state index in [0.29, 0.717) is 12.1 Å². The molecule has 0 saturated carbocycles. The van der Waals surface area contributed by atoms with Crippen LogP contribution in [0.1, 0.15) is 28.9 Å².